The Hall–Kier alpha value is -4.03. The zero-order valence-electron chi connectivity index (χ0n) is 22.5. The molecular weight excluding hydrogens is 526 g/mol. The first-order valence-electron chi connectivity index (χ1n) is 13.6. The third kappa shape index (κ3) is 11.4. The number of nitro benzene ring substituents is 2. The molecule has 0 aliphatic carbocycles. The second-order valence-corrected chi connectivity index (χ2v) is 9.78. The second kappa shape index (κ2) is 16.8. The minimum absolute atomic E-state index is 0.0143. The Morgan fingerprint density at radius 1 is 0.725 bits per heavy atom. The molecule has 0 saturated carbocycles. The van der Waals surface area contributed by atoms with Gasteiger partial charge in [0.25, 0.3) is 23.2 Å². The molecule has 2 amide bonds. The van der Waals surface area contributed by atoms with Crippen LogP contribution in [0.3, 0.4) is 0 Å². The van der Waals surface area contributed by atoms with Crippen molar-refractivity contribution in [2.24, 2.45) is 0 Å². The summed E-state index contributed by atoms with van der Waals surface area (Å²) in [5, 5.41) is 22.5. The van der Waals surface area contributed by atoms with Crippen molar-refractivity contribution in [3.8, 4) is 0 Å². The number of benzene rings is 1. The Kier molecular flexibility index (Phi) is 13.5. The number of amides is 2. The van der Waals surface area contributed by atoms with E-state index >= 15 is 0 Å². The zero-order chi connectivity index (χ0) is 29.5. The van der Waals surface area contributed by atoms with Gasteiger partial charge in [0, 0.05) is 50.2 Å². The molecule has 2 rings (SSSR count). The van der Waals surface area contributed by atoms with E-state index in [4.69, 9.17) is 4.84 Å². The fourth-order valence-electron chi connectivity index (χ4n) is 4.33. The van der Waals surface area contributed by atoms with Crippen molar-refractivity contribution in [1.82, 2.24) is 5.06 Å². The number of hydroxylamine groups is 2. The molecule has 218 valence electrons. The smallest absolute Gasteiger partial charge is 0.330 e. The number of rotatable bonds is 20. The molecule has 1 aromatic carbocycles. The summed E-state index contributed by atoms with van der Waals surface area (Å²) in [6.45, 7) is 0. The highest BCUT2D eigenvalue weighted by atomic mass is 16.7. The summed E-state index contributed by atoms with van der Waals surface area (Å²) in [6, 6.07) is 3.68. The minimum Gasteiger partial charge on any atom is -0.330 e. The average molecular weight is 562 g/mol. The van der Waals surface area contributed by atoms with Gasteiger partial charge in [0.2, 0.25) is 0 Å². The van der Waals surface area contributed by atoms with Crippen molar-refractivity contribution >= 4 is 40.7 Å². The van der Waals surface area contributed by atoms with Gasteiger partial charge in [0.05, 0.1) is 22.3 Å². The Balaban J connectivity index is 1.46. The first-order chi connectivity index (χ1) is 19.1. The zero-order valence-corrected chi connectivity index (χ0v) is 22.5. The van der Waals surface area contributed by atoms with E-state index in [1.807, 2.05) is 0 Å². The van der Waals surface area contributed by atoms with E-state index in [2.05, 4.69) is 0 Å². The van der Waals surface area contributed by atoms with Gasteiger partial charge >= 0.3 is 5.97 Å². The van der Waals surface area contributed by atoms with E-state index in [9.17, 15) is 44.2 Å². The molecule has 0 radical (unpaired) electrons. The summed E-state index contributed by atoms with van der Waals surface area (Å²) in [5.41, 5.74) is -0.0946. The number of carbonyl (C=O) groups is 5. The van der Waals surface area contributed by atoms with E-state index in [0.29, 0.717) is 49.2 Å². The highest BCUT2D eigenvalue weighted by Crippen LogP contribution is 2.26. The van der Waals surface area contributed by atoms with Gasteiger partial charge in [-0.1, -0.05) is 25.7 Å². The predicted octanol–water partition coefficient (Wildman–Crippen LogP) is 4.86. The first kappa shape index (κ1) is 32.2. The van der Waals surface area contributed by atoms with Gasteiger partial charge in [-0.2, -0.15) is 0 Å². The van der Waals surface area contributed by atoms with Crippen LogP contribution < -0.4 is 0 Å². The van der Waals surface area contributed by atoms with Crippen molar-refractivity contribution in [2.75, 3.05) is 0 Å². The molecule has 13 nitrogen and oxygen atoms in total. The second-order valence-electron chi connectivity index (χ2n) is 9.78. The van der Waals surface area contributed by atoms with Gasteiger partial charge in [0.1, 0.15) is 11.6 Å². The number of nitrogens with zero attached hydrogens (tertiary/aromatic N) is 3. The molecule has 0 bridgehead atoms. The van der Waals surface area contributed by atoms with Crippen LogP contribution in [0.5, 0.6) is 0 Å². The molecule has 40 heavy (non-hydrogen) atoms. The fraction of sp³-hybridized carbons (Fsp3) is 0.593. The number of Topliss-reactive ketones (excluding diaryl/α,β-unsaturated/α-hetero) is 2. The topological polar surface area (TPSA) is 184 Å². The van der Waals surface area contributed by atoms with Gasteiger partial charge in [-0.15, -0.1) is 5.06 Å². The molecule has 1 aliphatic rings. The number of hydrogen-bond donors (Lipinski definition) is 0. The van der Waals surface area contributed by atoms with Gasteiger partial charge in [-0.05, 0) is 38.2 Å². The molecule has 0 spiro atoms. The summed E-state index contributed by atoms with van der Waals surface area (Å²) in [6.07, 6.45) is 7.53. The maximum atomic E-state index is 12.1. The Morgan fingerprint density at radius 2 is 1.25 bits per heavy atom. The van der Waals surface area contributed by atoms with Crippen LogP contribution in [0.2, 0.25) is 0 Å². The molecule has 0 unspecified atom stereocenters. The molecule has 13 heteroatoms. The van der Waals surface area contributed by atoms with E-state index in [-0.39, 0.29) is 48.6 Å². The number of ketones is 2. The first-order valence-corrected chi connectivity index (χ1v) is 13.6. The Morgan fingerprint density at radius 3 is 1.77 bits per heavy atom. The maximum Gasteiger partial charge on any atom is 0.333 e. The van der Waals surface area contributed by atoms with Gasteiger partial charge in [-0.3, -0.25) is 39.4 Å². The van der Waals surface area contributed by atoms with Gasteiger partial charge in [-0.25, -0.2) is 4.79 Å². The number of non-ortho nitro benzene ring substituents is 1. The lowest BCUT2D eigenvalue weighted by molar-refractivity contribution is -0.394. The summed E-state index contributed by atoms with van der Waals surface area (Å²) in [5.74, 6) is -1.83. The Bertz CT molecular complexity index is 1100. The molecule has 1 fully saturated rings. The van der Waals surface area contributed by atoms with Crippen molar-refractivity contribution in [3.05, 3.63) is 44.0 Å². The normalized spacial score (nSPS) is 12.9. The molecule has 0 atom stereocenters. The van der Waals surface area contributed by atoms with E-state index in [0.717, 1.165) is 44.6 Å². The summed E-state index contributed by atoms with van der Waals surface area (Å²) < 4.78 is 0. The Labute approximate surface area is 231 Å². The molecule has 1 aliphatic heterocycles. The molecule has 1 aromatic rings. The largest absolute Gasteiger partial charge is 0.333 e. The predicted molar refractivity (Wildman–Crippen MR) is 141 cm³/mol. The highest BCUT2D eigenvalue weighted by Gasteiger charge is 2.32. The SMILES string of the molecule is O=C(CCCCCCC(=O)CCC(=O)ON1C(=O)CCC1=O)CCCCCCc1ccc([N+](=O)[O-])cc1[N+](=O)[O-]. The van der Waals surface area contributed by atoms with Crippen molar-refractivity contribution in [3.63, 3.8) is 0 Å². The molecular formula is C27H35N3O10. The lowest BCUT2D eigenvalue weighted by Gasteiger charge is -2.12. The van der Waals surface area contributed by atoms with Gasteiger partial charge in [0.15, 0.2) is 0 Å². The van der Waals surface area contributed by atoms with E-state index in [1.165, 1.54) is 12.1 Å². The van der Waals surface area contributed by atoms with Crippen LogP contribution in [0.1, 0.15) is 102 Å². The summed E-state index contributed by atoms with van der Waals surface area (Å²) >= 11 is 0. The third-order valence-electron chi connectivity index (χ3n) is 6.60. The number of nitro groups is 2. The van der Waals surface area contributed by atoms with Crippen LogP contribution in [0.25, 0.3) is 0 Å². The average Bonchev–Trinajstić information content (AvgIpc) is 3.23. The van der Waals surface area contributed by atoms with Crippen LogP contribution >= 0.6 is 0 Å². The minimum atomic E-state index is -0.788. The van der Waals surface area contributed by atoms with Crippen molar-refractivity contribution in [2.45, 2.75) is 103 Å². The number of aryl methyl sites for hydroxylation is 1. The third-order valence-corrected chi connectivity index (χ3v) is 6.60. The molecule has 0 aromatic heterocycles. The summed E-state index contributed by atoms with van der Waals surface area (Å²) in [7, 11) is 0. The fourth-order valence-corrected chi connectivity index (χ4v) is 4.33. The molecule has 0 N–H and O–H groups in total. The highest BCUT2D eigenvalue weighted by molar-refractivity contribution is 6.01. The number of imide groups is 1. The maximum absolute atomic E-state index is 12.1. The van der Waals surface area contributed by atoms with Crippen LogP contribution in [0.15, 0.2) is 18.2 Å². The number of hydrogen-bond acceptors (Lipinski definition) is 10. The number of unbranched alkanes of at least 4 members (excludes halogenated alkanes) is 6. The number of carbonyl (C=O) groups excluding carboxylic acids is 5. The molecule has 1 heterocycles. The van der Waals surface area contributed by atoms with Crippen LogP contribution in [0.4, 0.5) is 11.4 Å². The van der Waals surface area contributed by atoms with Crippen LogP contribution in [0, 0.1) is 20.2 Å². The van der Waals surface area contributed by atoms with E-state index < -0.39 is 27.6 Å². The van der Waals surface area contributed by atoms with Crippen molar-refractivity contribution < 1.29 is 38.7 Å². The lowest BCUT2D eigenvalue weighted by Crippen LogP contribution is -2.32. The van der Waals surface area contributed by atoms with Crippen LogP contribution in [-0.4, -0.2) is 44.3 Å². The standard InChI is InChI=1S/C27H35N3O10/c31-22(10-6-2-1-5-9-20-13-14-21(29(36)37)19-24(20)30(38)39)11-7-3-4-8-12-23(32)15-18-27(35)40-28-25(33)16-17-26(28)34/h13-14,19H,1-12,15-18H2. The summed E-state index contributed by atoms with van der Waals surface area (Å²) in [4.78, 5) is 84.1. The lowest BCUT2D eigenvalue weighted by atomic mass is 10.0. The molecule has 1 saturated heterocycles. The van der Waals surface area contributed by atoms with Crippen LogP contribution in [-0.2, 0) is 35.2 Å². The monoisotopic (exact) mass is 561 g/mol. The van der Waals surface area contributed by atoms with Gasteiger partial charge < -0.3 is 4.84 Å². The van der Waals surface area contributed by atoms with E-state index in [1.54, 1.807) is 0 Å². The quantitative estimate of drug-likeness (QED) is 0.0921. The van der Waals surface area contributed by atoms with Crippen molar-refractivity contribution in [1.29, 1.82) is 0 Å².